The van der Waals surface area contributed by atoms with Gasteiger partial charge < -0.3 is 20.2 Å². The van der Waals surface area contributed by atoms with Gasteiger partial charge in [-0.15, -0.1) is 0 Å². The highest BCUT2D eigenvalue weighted by molar-refractivity contribution is 6.84. The normalized spacial score (nSPS) is 16.7. The zero-order valence-corrected chi connectivity index (χ0v) is 31.2. The lowest BCUT2D eigenvalue weighted by Gasteiger charge is -2.51. The third-order valence-corrected chi connectivity index (χ3v) is 15.6. The van der Waals surface area contributed by atoms with Crippen molar-refractivity contribution in [2.75, 3.05) is 10.6 Å². The van der Waals surface area contributed by atoms with Crippen molar-refractivity contribution in [3.63, 3.8) is 0 Å². The maximum absolute atomic E-state index is 4.01. The number of allylic oxidation sites excluding steroid dienone is 5. The van der Waals surface area contributed by atoms with Gasteiger partial charge in [-0.2, -0.15) is 0 Å². The van der Waals surface area contributed by atoms with Crippen LogP contribution in [-0.4, -0.2) is 32.1 Å². The first kappa shape index (κ1) is 33.9. The van der Waals surface area contributed by atoms with Crippen LogP contribution in [0.2, 0.25) is 31.7 Å². The summed E-state index contributed by atoms with van der Waals surface area (Å²) in [5.41, 5.74) is 8.91. The minimum absolute atomic E-state index is 0.0919. The zero-order chi connectivity index (χ0) is 31.8. The van der Waals surface area contributed by atoms with E-state index < -0.39 is 16.5 Å². The maximum Gasteiger partial charge on any atom is 0.163 e. The number of aryl methyl sites for hydroxylation is 4. The molecule has 0 radical (unpaired) electrons. The van der Waals surface area contributed by atoms with Crippen molar-refractivity contribution in [1.82, 2.24) is 9.55 Å². The highest BCUT2D eigenvalue weighted by atomic mass is 28.3. The molecular formula is C36H58N4Si2. The van der Waals surface area contributed by atoms with Gasteiger partial charge in [0, 0.05) is 28.0 Å². The zero-order valence-electron chi connectivity index (χ0n) is 29.2. The van der Waals surface area contributed by atoms with Crippen molar-refractivity contribution < 1.29 is 0 Å². The first-order valence-electron chi connectivity index (χ1n) is 15.5. The second-order valence-corrected chi connectivity index (χ2v) is 23.9. The van der Waals surface area contributed by atoms with Gasteiger partial charge in [0.15, 0.2) is 16.5 Å². The monoisotopic (exact) mass is 602 g/mol. The van der Waals surface area contributed by atoms with Crippen molar-refractivity contribution in [2.24, 2.45) is 0 Å². The minimum Gasteiger partial charge on any atom is -0.378 e. The predicted molar refractivity (Wildman–Crippen MR) is 192 cm³/mol. The Morgan fingerprint density at radius 3 is 1.62 bits per heavy atom. The van der Waals surface area contributed by atoms with Crippen LogP contribution >= 0.6 is 0 Å². The Kier molecular flexibility index (Phi) is 9.87. The molecular weight excluding hydrogens is 545 g/mol. The molecule has 3 rings (SSSR count). The number of anilines is 2. The van der Waals surface area contributed by atoms with E-state index in [0.717, 1.165) is 5.70 Å². The Morgan fingerprint density at radius 1 is 0.738 bits per heavy atom. The lowest BCUT2D eigenvalue weighted by Crippen LogP contribution is -2.60. The van der Waals surface area contributed by atoms with Crippen molar-refractivity contribution in [3.8, 4) is 0 Å². The van der Waals surface area contributed by atoms with E-state index in [1.54, 1.807) is 0 Å². The molecule has 0 saturated carbocycles. The first-order valence-corrected chi connectivity index (χ1v) is 21.5. The standard InChI is InChI=1S/C36H58N4Si2/c1-25-18-16-19-26(2)32(25)37-29(5)34(38-33-27(3)20-17-21-28(33)4)40(36(9,10)11)42(14,15)31-23-22-30(24-31)41(12,13)39-35(6,7)8/h16-24,31,37-39H,1-15H3/b34-29-. The molecule has 0 heterocycles. The molecule has 230 valence electrons. The highest BCUT2D eigenvalue weighted by Gasteiger charge is 2.45. The van der Waals surface area contributed by atoms with Gasteiger partial charge in [-0.3, -0.25) is 0 Å². The third-order valence-electron chi connectivity index (χ3n) is 8.41. The lowest BCUT2D eigenvalue weighted by molar-refractivity contribution is 0.290. The summed E-state index contributed by atoms with van der Waals surface area (Å²) >= 11 is 0. The molecule has 0 fully saturated rings. The molecule has 0 aromatic heterocycles. The average Bonchev–Trinajstić information content (AvgIpc) is 3.33. The van der Waals surface area contributed by atoms with E-state index in [1.807, 2.05) is 0 Å². The van der Waals surface area contributed by atoms with Crippen molar-refractivity contribution >= 4 is 27.8 Å². The van der Waals surface area contributed by atoms with Crippen LogP contribution in [0.1, 0.15) is 70.7 Å². The lowest BCUT2D eigenvalue weighted by atomic mass is 10.1. The van der Waals surface area contributed by atoms with Gasteiger partial charge in [0.25, 0.3) is 0 Å². The number of rotatable bonds is 9. The van der Waals surface area contributed by atoms with E-state index in [2.05, 4.69) is 177 Å². The molecule has 0 spiro atoms. The number of hydrogen-bond donors (Lipinski definition) is 3. The molecule has 2 aromatic rings. The molecule has 0 bridgehead atoms. The van der Waals surface area contributed by atoms with Crippen LogP contribution in [0.15, 0.2) is 71.3 Å². The van der Waals surface area contributed by atoms with E-state index in [9.17, 15) is 0 Å². The third kappa shape index (κ3) is 7.69. The van der Waals surface area contributed by atoms with E-state index in [-0.39, 0.29) is 11.1 Å². The second-order valence-electron chi connectivity index (χ2n) is 15.4. The molecule has 1 atom stereocenters. The molecule has 1 aliphatic carbocycles. The quantitative estimate of drug-likeness (QED) is 0.250. The van der Waals surface area contributed by atoms with Crippen molar-refractivity contribution in [2.45, 2.75) is 119 Å². The fraction of sp³-hybridized carbons (Fsp3) is 0.500. The molecule has 6 heteroatoms. The van der Waals surface area contributed by atoms with E-state index in [0.29, 0.717) is 5.54 Å². The summed E-state index contributed by atoms with van der Waals surface area (Å²) in [6.07, 6.45) is 7.51. The fourth-order valence-corrected chi connectivity index (χ4v) is 14.0. The van der Waals surface area contributed by atoms with Gasteiger partial charge in [-0.1, -0.05) is 80.8 Å². The average molecular weight is 603 g/mol. The van der Waals surface area contributed by atoms with Gasteiger partial charge in [-0.25, -0.2) is 0 Å². The first-order chi connectivity index (χ1) is 19.1. The Labute approximate surface area is 260 Å². The summed E-state index contributed by atoms with van der Waals surface area (Å²) in [6.45, 7) is 34.9. The second kappa shape index (κ2) is 12.2. The summed E-state index contributed by atoms with van der Waals surface area (Å²) in [6, 6.07) is 13.1. The van der Waals surface area contributed by atoms with E-state index in [1.165, 1.54) is 44.6 Å². The minimum atomic E-state index is -2.17. The van der Waals surface area contributed by atoms with Crippen LogP contribution in [0.5, 0.6) is 0 Å². The van der Waals surface area contributed by atoms with Crippen LogP contribution < -0.4 is 15.6 Å². The summed E-state index contributed by atoms with van der Waals surface area (Å²) in [4.78, 5) is 3.98. The number of benzene rings is 2. The van der Waals surface area contributed by atoms with Crippen LogP contribution in [0.25, 0.3) is 0 Å². The van der Waals surface area contributed by atoms with E-state index >= 15 is 0 Å². The van der Waals surface area contributed by atoms with Gasteiger partial charge in [0.2, 0.25) is 0 Å². The number of para-hydroxylation sites is 2. The SMILES string of the molecule is C/C(Nc1c(C)cccc1C)=C(\Nc1c(C)cccc1C)N(C(C)(C)C)[Si](C)(C)C1C=CC([Si](C)(C)NC(C)(C)C)=C1. The number of nitrogens with one attached hydrogen (secondary N) is 3. The van der Waals surface area contributed by atoms with Crippen LogP contribution in [-0.2, 0) is 0 Å². The highest BCUT2D eigenvalue weighted by Crippen LogP contribution is 2.42. The van der Waals surface area contributed by atoms with Crippen LogP contribution in [0, 0.1) is 27.7 Å². The summed E-state index contributed by atoms with van der Waals surface area (Å²) in [5, 5.41) is 9.40. The van der Waals surface area contributed by atoms with Crippen LogP contribution in [0.4, 0.5) is 11.4 Å². The van der Waals surface area contributed by atoms with Crippen molar-refractivity contribution in [3.05, 3.63) is 93.6 Å². The van der Waals surface area contributed by atoms with Gasteiger partial charge in [-0.05, 0) is 104 Å². The predicted octanol–water partition coefficient (Wildman–Crippen LogP) is 9.94. The molecule has 42 heavy (non-hydrogen) atoms. The van der Waals surface area contributed by atoms with Gasteiger partial charge in [0.1, 0.15) is 5.82 Å². The van der Waals surface area contributed by atoms with E-state index in [4.69, 9.17) is 0 Å². The number of nitrogens with zero attached hydrogens (tertiary/aromatic N) is 1. The topological polar surface area (TPSA) is 39.3 Å². The number of hydrogen-bond acceptors (Lipinski definition) is 4. The summed E-state index contributed by atoms with van der Waals surface area (Å²) in [7, 11) is -3.98. The van der Waals surface area contributed by atoms with Gasteiger partial charge >= 0.3 is 0 Å². The molecule has 0 aliphatic heterocycles. The maximum atomic E-state index is 4.01. The molecule has 4 nitrogen and oxygen atoms in total. The Bertz CT molecular complexity index is 1340. The Morgan fingerprint density at radius 2 is 1.19 bits per heavy atom. The molecule has 1 aliphatic rings. The summed E-state index contributed by atoms with van der Waals surface area (Å²) < 4.78 is 2.75. The fourth-order valence-electron chi connectivity index (χ4n) is 6.72. The van der Waals surface area contributed by atoms with Crippen molar-refractivity contribution in [1.29, 1.82) is 0 Å². The largest absolute Gasteiger partial charge is 0.378 e. The Hall–Kier alpha value is -2.55. The molecule has 3 N–H and O–H groups in total. The molecule has 0 amide bonds. The van der Waals surface area contributed by atoms with Gasteiger partial charge in [0.05, 0.1) is 5.70 Å². The Balaban J connectivity index is 2.20. The molecule has 0 saturated heterocycles. The molecule has 2 aromatic carbocycles. The molecule has 1 unspecified atom stereocenters. The van der Waals surface area contributed by atoms with Crippen LogP contribution in [0.3, 0.4) is 0 Å². The summed E-state index contributed by atoms with van der Waals surface area (Å²) in [5.74, 6) is 1.17. The smallest absolute Gasteiger partial charge is 0.163 e.